The lowest BCUT2D eigenvalue weighted by molar-refractivity contribution is -0.116. The summed E-state index contributed by atoms with van der Waals surface area (Å²) in [5.74, 6) is -0.197. The molecule has 110 valence electrons. The third-order valence-corrected chi connectivity index (χ3v) is 4.19. The van der Waals surface area contributed by atoms with Crippen LogP contribution in [0.3, 0.4) is 0 Å². The monoisotopic (exact) mass is 422 g/mol. The number of carbonyl (C=O) groups excluding carboxylic acids is 1. The highest BCUT2D eigenvalue weighted by atomic mass is 79.9. The van der Waals surface area contributed by atoms with Crippen LogP contribution < -0.4 is 5.43 Å². The number of benzene rings is 1. The summed E-state index contributed by atoms with van der Waals surface area (Å²) in [7, 11) is 0. The van der Waals surface area contributed by atoms with Crippen LogP contribution in [0.15, 0.2) is 50.2 Å². The first-order chi connectivity index (χ1) is 10.6. The zero-order chi connectivity index (χ0) is 15.7. The van der Waals surface area contributed by atoms with E-state index in [0.717, 1.165) is 5.56 Å². The molecule has 2 N–H and O–H groups in total. The van der Waals surface area contributed by atoms with Crippen LogP contribution >= 0.6 is 31.9 Å². The third kappa shape index (κ3) is 2.79. The van der Waals surface area contributed by atoms with Crippen LogP contribution in [0.1, 0.15) is 11.1 Å². The van der Waals surface area contributed by atoms with E-state index in [-0.39, 0.29) is 11.7 Å². The number of carbonyl (C=O) groups is 1. The van der Waals surface area contributed by atoms with E-state index in [1.165, 1.54) is 12.4 Å². The third-order valence-electron chi connectivity index (χ3n) is 2.98. The first kappa shape index (κ1) is 14.9. The summed E-state index contributed by atoms with van der Waals surface area (Å²) in [5.41, 5.74) is 4.78. The molecule has 2 heterocycles. The van der Waals surface area contributed by atoms with Crippen molar-refractivity contribution in [3.63, 3.8) is 0 Å². The predicted octanol–water partition coefficient (Wildman–Crippen LogP) is 2.62. The molecule has 0 bridgehead atoms. The van der Waals surface area contributed by atoms with Gasteiger partial charge in [0.1, 0.15) is 11.5 Å². The van der Waals surface area contributed by atoms with Gasteiger partial charge in [-0.3, -0.25) is 4.79 Å². The van der Waals surface area contributed by atoms with Gasteiger partial charge in [-0.15, -0.1) is 0 Å². The molecule has 1 aromatic heterocycles. The van der Waals surface area contributed by atoms with Crippen LogP contribution in [-0.4, -0.2) is 26.9 Å². The van der Waals surface area contributed by atoms with E-state index < -0.39 is 0 Å². The van der Waals surface area contributed by atoms with E-state index in [9.17, 15) is 9.90 Å². The fraction of sp³-hybridized carbons (Fsp3) is 0. The molecule has 0 saturated carbocycles. The van der Waals surface area contributed by atoms with E-state index in [0.29, 0.717) is 25.8 Å². The maximum Gasteiger partial charge on any atom is 0.273 e. The van der Waals surface area contributed by atoms with E-state index in [4.69, 9.17) is 0 Å². The second kappa shape index (κ2) is 5.98. The Kier molecular flexibility index (Phi) is 4.04. The quantitative estimate of drug-likeness (QED) is 0.726. The molecule has 8 heteroatoms. The largest absolute Gasteiger partial charge is 0.506 e. The molecule has 1 aliphatic rings. The van der Waals surface area contributed by atoms with Crippen LogP contribution in [0, 0.1) is 0 Å². The molecule has 0 unspecified atom stereocenters. The number of phenols is 1. The number of hydrazone groups is 1. The fourth-order valence-corrected chi connectivity index (χ4v) is 3.18. The topological polar surface area (TPSA) is 87.5 Å². The highest BCUT2D eigenvalue weighted by Gasteiger charge is 2.24. The van der Waals surface area contributed by atoms with Crippen LogP contribution in [0.2, 0.25) is 0 Å². The Balaban J connectivity index is 2.06. The molecule has 6 nitrogen and oxygen atoms in total. The van der Waals surface area contributed by atoms with Crippen molar-refractivity contribution in [2.75, 3.05) is 0 Å². The van der Waals surface area contributed by atoms with Gasteiger partial charge in [0.15, 0.2) is 0 Å². The van der Waals surface area contributed by atoms with Gasteiger partial charge >= 0.3 is 0 Å². The molecule has 0 spiro atoms. The molecule has 0 fully saturated rings. The zero-order valence-electron chi connectivity index (χ0n) is 10.9. The Morgan fingerprint density at radius 2 is 1.91 bits per heavy atom. The number of nitrogens with zero attached hydrogens (tertiary/aromatic N) is 3. The van der Waals surface area contributed by atoms with E-state index in [2.05, 4.69) is 52.6 Å². The fourth-order valence-electron chi connectivity index (χ4n) is 1.95. The minimum atomic E-state index is -0.299. The highest BCUT2D eigenvalue weighted by Crippen LogP contribution is 2.34. The number of aromatic nitrogens is 2. The van der Waals surface area contributed by atoms with Gasteiger partial charge in [0.2, 0.25) is 0 Å². The molecule has 1 aliphatic heterocycles. The molecule has 3 rings (SSSR count). The van der Waals surface area contributed by atoms with Gasteiger partial charge in [-0.05, 0) is 61.7 Å². The second-order valence-corrected chi connectivity index (χ2v) is 6.13. The summed E-state index contributed by atoms with van der Waals surface area (Å²) in [6, 6.07) is 5.14. The lowest BCUT2D eigenvalue weighted by atomic mass is 10.0. The van der Waals surface area contributed by atoms with E-state index in [1.807, 2.05) is 0 Å². The van der Waals surface area contributed by atoms with Crippen molar-refractivity contribution in [2.45, 2.75) is 0 Å². The lowest BCUT2D eigenvalue weighted by Crippen LogP contribution is -2.13. The van der Waals surface area contributed by atoms with Crippen molar-refractivity contribution >= 4 is 49.6 Å². The SMILES string of the molecule is O=C1NN=C(c2ccnnc2)/C1=C\c1cc(Br)c(O)c(Br)c1. The van der Waals surface area contributed by atoms with Crippen LogP contribution in [-0.2, 0) is 4.79 Å². The van der Waals surface area contributed by atoms with Gasteiger partial charge in [-0.2, -0.15) is 15.3 Å². The molecule has 0 saturated heterocycles. The number of phenolic OH excluding ortho intramolecular Hbond substituents is 1. The molecule has 0 atom stereocenters. The van der Waals surface area contributed by atoms with Crippen LogP contribution in [0.25, 0.3) is 6.08 Å². The maximum atomic E-state index is 12.0. The predicted molar refractivity (Wildman–Crippen MR) is 88.2 cm³/mol. The number of amides is 1. The van der Waals surface area contributed by atoms with Crippen molar-refractivity contribution in [3.8, 4) is 5.75 Å². The van der Waals surface area contributed by atoms with Crippen LogP contribution in [0.5, 0.6) is 5.75 Å². The first-order valence-electron chi connectivity index (χ1n) is 6.11. The molecule has 1 aromatic carbocycles. The van der Waals surface area contributed by atoms with Crippen molar-refractivity contribution < 1.29 is 9.90 Å². The minimum Gasteiger partial charge on any atom is -0.506 e. The van der Waals surface area contributed by atoms with Crippen molar-refractivity contribution in [2.24, 2.45) is 5.10 Å². The lowest BCUT2D eigenvalue weighted by Gasteiger charge is -2.04. The number of hydrogen-bond donors (Lipinski definition) is 2. The summed E-state index contributed by atoms with van der Waals surface area (Å²) in [4.78, 5) is 12.0. The van der Waals surface area contributed by atoms with Gasteiger partial charge < -0.3 is 5.11 Å². The van der Waals surface area contributed by atoms with Crippen molar-refractivity contribution in [1.82, 2.24) is 15.6 Å². The van der Waals surface area contributed by atoms with Gasteiger partial charge in [0.25, 0.3) is 5.91 Å². The van der Waals surface area contributed by atoms with Gasteiger partial charge in [-0.25, -0.2) is 5.43 Å². The average molecular weight is 424 g/mol. The Bertz CT molecular complexity index is 796. The number of aromatic hydroxyl groups is 1. The minimum absolute atomic E-state index is 0.102. The van der Waals surface area contributed by atoms with Crippen molar-refractivity contribution in [1.29, 1.82) is 0 Å². The van der Waals surface area contributed by atoms with Gasteiger partial charge in [0, 0.05) is 5.56 Å². The van der Waals surface area contributed by atoms with Gasteiger partial charge in [0.05, 0.1) is 26.9 Å². The van der Waals surface area contributed by atoms with E-state index in [1.54, 1.807) is 24.3 Å². The highest BCUT2D eigenvalue weighted by molar-refractivity contribution is 9.11. The summed E-state index contributed by atoms with van der Waals surface area (Å²) in [6.07, 6.45) is 4.76. The molecule has 22 heavy (non-hydrogen) atoms. The average Bonchev–Trinajstić information content (AvgIpc) is 2.87. The molecule has 0 radical (unpaired) electrons. The Morgan fingerprint density at radius 3 is 2.55 bits per heavy atom. The van der Waals surface area contributed by atoms with Crippen molar-refractivity contribution in [3.05, 3.63) is 56.2 Å². The smallest absolute Gasteiger partial charge is 0.273 e. The zero-order valence-corrected chi connectivity index (χ0v) is 14.1. The normalized spacial score (nSPS) is 15.8. The Morgan fingerprint density at radius 1 is 1.18 bits per heavy atom. The summed E-state index contributed by atoms with van der Waals surface area (Å²) in [6.45, 7) is 0. The summed E-state index contributed by atoms with van der Waals surface area (Å²) < 4.78 is 1.05. The number of nitrogens with one attached hydrogen (secondary N) is 1. The summed E-state index contributed by atoms with van der Waals surface area (Å²) >= 11 is 6.53. The molecular weight excluding hydrogens is 416 g/mol. The molecule has 2 aromatic rings. The number of halogens is 2. The molecule has 0 aliphatic carbocycles. The Labute approximate surface area is 142 Å². The molecule has 1 amide bonds. The number of rotatable bonds is 2. The molecular formula is C14H8Br2N4O2. The van der Waals surface area contributed by atoms with E-state index >= 15 is 0 Å². The number of hydrogen-bond acceptors (Lipinski definition) is 5. The first-order valence-corrected chi connectivity index (χ1v) is 7.70. The maximum absolute atomic E-state index is 12.0. The van der Waals surface area contributed by atoms with Crippen LogP contribution in [0.4, 0.5) is 0 Å². The second-order valence-electron chi connectivity index (χ2n) is 4.42. The Hall–Kier alpha value is -2.06. The summed E-state index contributed by atoms with van der Waals surface area (Å²) in [5, 5.41) is 21.3. The standard InChI is InChI=1S/C14H8Br2N4O2/c15-10-4-7(5-11(16)13(10)21)3-9-12(19-20-14(9)22)8-1-2-17-18-6-8/h1-6,21H,(H,20,22)/b9-3+. The van der Waals surface area contributed by atoms with Gasteiger partial charge in [-0.1, -0.05) is 0 Å².